The van der Waals surface area contributed by atoms with Crippen molar-refractivity contribution in [3.05, 3.63) is 46.9 Å². The highest BCUT2D eigenvalue weighted by atomic mass is 31.0. The van der Waals surface area contributed by atoms with Crippen molar-refractivity contribution >= 4 is 24.3 Å². The molecule has 2 atom stereocenters. The Hall–Kier alpha value is -1.59. The molecule has 0 bridgehead atoms. The number of hydrogen-bond acceptors (Lipinski definition) is 4. The monoisotopic (exact) mass is 383 g/mol. The Balaban J connectivity index is 2.30. The van der Waals surface area contributed by atoms with E-state index in [0.29, 0.717) is 6.07 Å². The van der Waals surface area contributed by atoms with Crippen LogP contribution in [0.3, 0.4) is 0 Å². The third kappa shape index (κ3) is 4.71. The molecule has 2 N–H and O–H groups in total. The van der Waals surface area contributed by atoms with Crippen molar-refractivity contribution in [2.75, 3.05) is 5.73 Å². The van der Waals surface area contributed by atoms with Gasteiger partial charge < -0.3 is 10.5 Å². The van der Waals surface area contributed by atoms with Crippen LogP contribution in [0.5, 0.6) is 6.01 Å². The maximum atomic E-state index is 13.5. The molecule has 1 heterocycles. The molecule has 2 rings (SSSR count). The highest BCUT2D eigenvalue weighted by Crippen LogP contribution is 2.41. The van der Waals surface area contributed by atoms with E-state index >= 15 is 0 Å². The van der Waals surface area contributed by atoms with E-state index in [-0.39, 0.29) is 18.2 Å². The van der Waals surface area contributed by atoms with E-state index in [4.69, 9.17) is 10.5 Å². The maximum absolute atomic E-state index is 13.5. The molecule has 0 aliphatic heterocycles. The lowest BCUT2D eigenvalue weighted by Crippen LogP contribution is -2.11. The molecule has 11 heteroatoms. The molecule has 2 unspecified atom stereocenters. The number of halogens is 5. The molecule has 24 heavy (non-hydrogen) atoms. The Kier molecular flexibility index (Phi) is 5.25. The molecule has 0 aliphatic rings. The normalized spacial score (nSPS) is 12.3. The van der Waals surface area contributed by atoms with Crippen LogP contribution in [0.2, 0.25) is 0 Å². The quantitative estimate of drug-likeness (QED) is 0.633. The summed E-state index contributed by atoms with van der Waals surface area (Å²) >= 11 is 0. The zero-order valence-electron chi connectivity index (χ0n) is 11.9. The Morgan fingerprint density at radius 3 is 2.04 bits per heavy atom. The smallest absolute Gasteiger partial charge is 0.318 e. The lowest BCUT2D eigenvalue weighted by atomic mass is 10.1. The molecular weight excluding hydrogens is 371 g/mol. The summed E-state index contributed by atoms with van der Waals surface area (Å²) in [5, 5.41) is 0. The van der Waals surface area contributed by atoms with E-state index in [1.807, 2.05) is 0 Å². The third-order valence-electron chi connectivity index (χ3n) is 2.88. The number of ether oxygens (including phenoxy) is 1. The van der Waals surface area contributed by atoms with Crippen molar-refractivity contribution in [2.24, 2.45) is 0 Å². The Bertz CT molecular complexity index is 717. The minimum Gasteiger partial charge on any atom is -0.459 e. The third-order valence-corrected chi connectivity index (χ3v) is 3.55. The van der Waals surface area contributed by atoms with E-state index in [2.05, 4.69) is 9.97 Å². The second-order valence-corrected chi connectivity index (χ2v) is 6.29. The number of benzene rings is 1. The van der Waals surface area contributed by atoms with E-state index in [1.54, 1.807) is 0 Å². The van der Waals surface area contributed by atoms with Crippen LogP contribution < -0.4 is 10.5 Å². The number of rotatable bonds is 5. The van der Waals surface area contributed by atoms with Gasteiger partial charge in [0.2, 0.25) is 0 Å². The van der Waals surface area contributed by atoms with Crippen molar-refractivity contribution in [1.29, 1.82) is 0 Å². The van der Waals surface area contributed by atoms with Crippen LogP contribution in [0, 0.1) is 5.82 Å². The van der Waals surface area contributed by atoms with Crippen LogP contribution in [-0.2, 0) is 17.9 Å². The number of anilines is 1. The predicted octanol–water partition coefficient (Wildman–Crippen LogP) is 3.63. The second-order valence-electron chi connectivity index (χ2n) is 4.84. The maximum Gasteiger partial charge on any atom is 0.318 e. The Morgan fingerprint density at radius 2 is 1.58 bits per heavy atom. The molecule has 0 saturated heterocycles. The van der Waals surface area contributed by atoms with E-state index in [9.17, 15) is 22.0 Å². The van der Waals surface area contributed by atoms with Crippen LogP contribution >= 0.6 is 18.5 Å². The van der Waals surface area contributed by atoms with Gasteiger partial charge in [0.25, 0.3) is 11.3 Å². The van der Waals surface area contributed by atoms with Gasteiger partial charge in [0, 0.05) is 11.1 Å². The first-order valence-electron chi connectivity index (χ1n) is 6.36. The number of aromatic nitrogens is 2. The van der Waals surface area contributed by atoms with Gasteiger partial charge in [-0.1, -0.05) is 18.5 Å². The summed E-state index contributed by atoms with van der Waals surface area (Å²) < 4.78 is 71.8. The minimum absolute atomic E-state index is 0.0400. The molecule has 4 nitrogen and oxygen atoms in total. The molecule has 0 aliphatic carbocycles. The standard InChI is InChI=1S/C13H12F5N3OP2/c14-9-4-20-11(21-10(9)19)22-5-6-1-7(12(15,16)23)3-8(2-6)13(17,18)24/h1-4H,5,23-24H2,(H2,19,20,21). The average molecular weight is 383 g/mol. The second kappa shape index (κ2) is 6.73. The molecular formula is C13H12F5N3OP2. The average Bonchev–Trinajstić information content (AvgIpc) is 2.46. The van der Waals surface area contributed by atoms with E-state index in [1.165, 1.54) is 18.5 Å². The number of nitrogens with zero attached hydrogens (tertiary/aromatic N) is 2. The van der Waals surface area contributed by atoms with Gasteiger partial charge >= 0.3 is 6.01 Å². The summed E-state index contributed by atoms with van der Waals surface area (Å²) in [6.45, 7) is -0.382. The molecule has 0 amide bonds. The van der Waals surface area contributed by atoms with Crippen molar-refractivity contribution < 1.29 is 26.7 Å². The zero-order chi connectivity index (χ0) is 18.1. The molecule has 130 valence electrons. The number of hydrogen-bond donors (Lipinski definition) is 1. The van der Waals surface area contributed by atoms with Gasteiger partial charge in [0.1, 0.15) is 6.61 Å². The molecule has 1 aromatic heterocycles. The van der Waals surface area contributed by atoms with Gasteiger partial charge in [-0.05, 0) is 23.8 Å². The topological polar surface area (TPSA) is 61.0 Å². The fourth-order valence-corrected chi connectivity index (χ4v) is 2.07. The number of alkyl halides is 4. The lowest BCUT2D eigenvalue weighted by molar-refractivity contribution is 0.0960. The number of nitrogen functional groups attached to an aromatic ring is 1. The fraction of sp³-hybridized carbons (Fsp3) is 0.231. The summed E-state index contributed by atoms with van der Waals surface area (Å²) in [5.41, 5.74) is -2.74. The van der Waals surface area contributed by atoms with Crippen LogP contribution in [0.15, 0.2) is 24.4 Å². The summed E-state index contributed by atoms with van der Waals surface area (Å²) in [5.74, 6) is -1.31. The number of nitrogens with two attached hydrogens (primary N) is 1. The SMILES string of the molecule is Nc1nc(OCc2cc(C(F)(F)P)cc(C(F)(F)P)c2)ncc1F. The molecule has 1 aromatic carbocycles. The summed E-state index contributed by atoms with van der Waals surface area (Å²) in [4.78, 5) is 7.00. The van der Waals surface area contributed by atoms with Gasteiger partial charge in [-0.3, -0.25) is 0 Å². The van der Waals surface area contributed by atoms with Crippen LogP contribution in [-0.4, -0.2) is 9.97 Å². The molecule has 0 radical (unpaired) electrons. The summed E-state index contributed by atoms with van der Waals surface area (Å²) in [7, 11) is 2.56. The van der Waals surface area contributed by atoms with Gasteiger partial charge in [0.15, 0.2) is 11.6 Å². The van der Waals surface area contributed by atoms with Crippen LogP contribution in [0.4, 0.5) is 27.8 Å². The van der Waals surface area contributed by atoms with Crippen molar-refractivity contribution in [3.63, 3.8) is 0 Å². The van der Waals surface area contributed by atoms with Crippen molar-refractivity contribution in [3.8, 4) is 6.01 Å². The first kappa shape index (κ1) is 18.7. The first-order chi connectivity index (χ1) is 11.0. The van der Waals surface area contributed by atoms with Crippen LogP contribution in [0.1, 0.15) is 16.7 Å². The highest BCUT2D eigenvalue weighted by molar-refractivity contribution is 7.18. The summed E-state index contributed by atoms with van der Waals surface area (Å²) in [6, 6.07) is 2.42. The molecule has 0 fully saturated rings. The highest BCUT2D eigenvalue weighted by Gasteiger charge is 2.31. The van der Waals surface area contributed by atoms with Crippen molar-refractivity contribution in [1.82, 2.24) is 9.97 Å². The van der Waals surface area contributed by atoms with E-state index in [0.717, 1.165) is 18.3 Å². The Labute approximate surface area is 138 Å². The van der Waals surface area contributed by atoms with Gasteiger partial charge in [-0.15, -0.1) is 0 Å². The zero-order valence-corrected chi connectivity index (χ0v) is 14.3. The molecule has 0 spiro atoms. The van der Waals surface area contributed by atoms with Gasteiger partial charge in [-0.25, -0.2) is 9.37 Å². The van der Waals surface area contributed by atoms with E-state index < -0.39 is 34.1 Å². The minimum atomic E-state index is -3.39. The van der Waals surface area contributed by atoms with Gasteiger partial charge in [-0.2, -0.15) is 22.5 Å². The van der Waals surface area contributed by atoms with Crippen molar-refractivity contribution in [2.45, 2.75) is 17.9 Å². The predicted molar refractivity (Wildman–Crippen MR) is 84.4 cm³/mol. The first-order valence-corrected chi connectivity index (χ1v) is 7.51. The summed E-state index contributed by atoms with van der Waals surface area (Å²) in [6.07, 6.45) is 0.771. The molecule has 2 aromatic rings. The van der Waals surface area contributed by atoms with Crippen LogP contribution in [0.25, 0.3) is 0 Å². The largest absolute Gasteiger partial charge is 0.459 e. The molecule has 0 saturated carbocycles. The lowest BCUT2D eigenvalue weighted by Gasteiger charge is -2.17. The Morgan fingerprint density at radius 1 is 1.04 bits per heavy atom. The fourth-order valence-electron chi connectivity index (χ4n) is 1.74. The van der Waals surface area contributed by atoms with Gasteiger partial charge in [0.05, 0.1) is 6.20 Å².